The number of ether oxygens (including phenoxy) is 2. The fourth-order valence-corrected chi connectivity index (χ4v) is 3.88. The molecule has 2 heteroatoms. The Morgan fingerprint density at radius 3 is 2.82 bits per heavy atom. The summed E-state index contributed by atoms with van der Waals surface area (Å²) < 4.78 is 12.0. The summed E-state index contributed by atoms with van der Waals surface area (Å²) in [6, 6.07) is 0. The van der Waals surface area contributed by atoms with Gasteiger partial charge in [-0.1, -0.05) is 25.5 Å². The molecule has 2 fully saturated rings. The van der Waals surface area contributed by atoms with Crippen molar-refractivity contribution in [1.82, 2.24) is 0 Å². The van der Waals surface area contributed by atoms with Crippen molar-refractivity contribution in [2.45, 2.75) is 52.4 Å². The molecule has 0 bridgehead atoms. The molecule has 6 atom stereocenters. The first kappa shape index (κ1) is 11.7. The molecule has 96 valence electrons. The summed E-state index contributed by atoms with van der Waals surface area (Å²) in [7, 11) is 0. The van der Waals surface area contributed by atoms with Crippen molar-refractivity contribution >= 4 is 0 Å². The van der Waals surface area contributed by atoms with E-state index in [9.17, 15) is 0 Å². The van der Waals surface area contributed by atoms with Gasteiger partial charge >= 0.3 is 0 Å². The Morgan fingerprint density at radius 2 is 2.00 bits per heavy atom. The van der Waals surface area contributed by atoms with Crippen molar-refractivity contribution in [2.75, 3.05) is 6.61 Å². The first-order chi connectivity index (χ1) is 8.16. The molecule has 1 unspecified atom stereocenters. The van der Waals surface area contributed by atoms with E-state index in [0.717, 1.165) is 24.9 Å². The van der Waals surface area contributed by atoms with E-state index in [1.807, 2.05) is 0 Å². The highest BCUT2D eigenvalue weighted by Gasteiger charge is 2.46. The predicted molar refractivity (Wildman–Crippen MR) is 67.5 cm³/mol. The summed E-state index contributed by atoms with van der Waals surface area (Å²) in [4.78, 5) is 0. The van der Waals surface area contributed by atoms with Crippen molar-refractivity contribution in [3.8, 4) is 0 Å². The van der Waals surface area contributed by atoms with E-state index < -0.39 is 0 Å². The molecule has 1 saturated heterocycles. The summed E-state index contributed by atoms with van der Waals surface area (Å²) in [5.41, 5.74) is 1.63. The molecule has 3 aliphatic rings. The molecule has 0 radical (unpaired) electrons. The first-order valence-corrected chi connectivity index (χ1v) is 7.14. The molecule has 2 aliphatic heterocycles. The minimum atomic E-state index is 0.0303. The van der Waals surface area contributed by atoms with Crippen LogP contribution in [0.15, 0.2) is 11.6 Å². The highest BCUT2D eigenvalue weighted by Crippen LogP contribution is 2.48. The van der Waals surface area contributed by atoms with E-state index in [4.69, 9.17) is 9.47 Å². The molecule has 1 aliphatic carbocycles. The fraction of sp³-hybridized carbons (Fsp3) is 0.867. The van der Waals surface area contributed by atoms with Crippen LogP contribution in [0.5, 0.6) is 0 Å². The standard InChI is InChI=1S/C15H24O2/c1-9-4-6-13-10(2)8-16-15-14(13)12(9)7-5-11(3)17-15/h7,9-11,13-15H,4-6,8H2,1-3H3/t9-,10+,11+,13+,14?,15-/m1/s1. The van der Waals surface area contributed by atoms with Gasteiger partial charge in [-0.25, -0.2) is 0 Å². The Hall–Kier alpha value is -0.340. The fourth-order valence-electron chi connectivity index (χ4n) is 3.88. The molecule has 17 heavy (non-hydrogen) atoms. The maximum absolute atomic E-state index is 6.07. The van der Waals surface area contributed by atoms with Crippen LogP contribution < -0.4 is 0 Å². The number of rotatable bonds is 0. The van der Waals surface area contributed by atoms with Crippen molar-refractivity contribution in [2.24, 2.45) is 23.7 Å². The molecule has 0 spiro atoms. The van der Waals surface area contributed by atoms with E-state index in [0.29, 0.717) is 17.9 Å². The van der Waals surface area contributed by atoms with Crippen LogP contribution in [-0.4, -0.2) is 19.0 Å². The zero-order valence-electron chi connectivity index (χ0n) is 11.2. The Morgan fingerprint density at radius 1 is 1.18 bits per heavy atom. The van der Waals surface area contributed by atoms with Gasteiger partial charge in [-0.15, -0.1) is 0 Å². The van der Waals surface area contributed by atoms with Crippen LogP contribution in [0.2, 0.25) is 0 Å². The summed E-state index contributed by atoms with van der Waals surface area (Å²) in [5, 5.41) is 0. The lowest BCUT2D eigenvalue weighted by molar-refractivity contribution is -0.232. The molecule has 1 saturated carbocycles. The minimum Gasteiger partial charge on any atom is -0.352 e. The molecule has 0 N–H and O–H groups in total. The van der Waals surface area contributed by atoms with Gasteiger partial charge in [0.15, 0.2) is 6.29 Å². The van der Waals surface area contributed by atoms with Gasteiger partial charge in [0.25, 0.3) is 0 Å². The Labute approximate surface area is 104 Å². The zero-order valence-corrected chi connectivity index (χ0v) is 11.2. The smallest absolute Gasteiger partial charge is 0.164 e. The lowest BCUT2D eigenvalue weighted by atomic mass is 9.65. The third kappa shape index (κ3) is 1.96. The van der Waals surface area contributed by atoms with Crippen LogP contribution in [0.4, 0.5) is 0 Å². The maximum Gasteiger partial charge on any atom is 0.164 e. The second kappa shape index (κ2) is 4.40. The predicted octanol–water partition coefficient (Wildman–Crippen LogP) is 3.38. The van der Waals surface area contributed by atoms with Gasteiger partial charge in [0.2, 0.25) is 0 Å². The Balaban J connectivity index is 1.95. The summed E-state index contributed by atoms with van der Waals surface area (Å²) in [6.45, 7) is 7.74. The lowest BCUT2D eigenvalue weighted by Gasteiger charge is -2.47. The van der Waals surface area contributed by atoms with Gasteiger partial charge < -0.3 is 9.47 Å². The van der Waals surface area contributed by atoms with Crippen LogP contribution in [0.25, 0.3) is 0 Å². The first-order valence-electron chi connectivity index (χ1n) is 7.14. The molecule has 0 amide bonds. The number of hydrogen-bond donors (Lipinski definition) is 0. The van der Waals surface area contributed by atoms with Crippen molar-refractivity contribution in [1.29, 1.82) is 0 Å². The highest BCUT2D eigenvalue weighted by atomic mass is 16.7. The van der Waals surface area contributed by atoms with E-state index in [-0.39, 0.29) is 6.29 Å². The zero-order chi connectivity index (χ0) is 12.0. The molecule has 2 heterocycles. The molecule has 0 aromatic rings. The summed E-state index contributed by atoms with van der Waals surface area (Å²) in [5.74, 6) is 2.72. The second-order valence-corrected chi connectivity index (χ2v) is 6.23. The Bertz CT molecular complexity index is 323. The van der Waals surface area contributed by atoms with Crippen LogP contribution in [0, 0.1) is 23.7 Å². The average Bonchev–Trinajstić information content (AvgIpc) is 2.47. The lowest BCUT2D eigenvalue weighted by Crippen LogP contribution is -2.46. The van der Waals surface area contributed by atoms with Crippen molar-refractivity contribution in [3.63, 3.8) is 0 Å². The molecular weight excluding hydrogens is 212 g/mol. The molecular formula is C15H24O2. The van der Waals surface area contributed by atoms with Crippen LogP contribution in [0.1, 0.15) is 40.0 Å². The maximum atomic E-state index is 6.07. The minimum absolute atomic E-state index is 0.0303. The highest BCUT2D eigenvalue weighted by molar-refractivity contribution is 5.18. The third-order valence-corrected chi connectivity index (χ3v) is 4.95. The number of hydrogen-bond acceptors (Lipinski definition) is 2. The van der Waals surface area contributed by atoms with E-state index >= 15 is 0 Å². The Kier molecular flexibility index (Phi) is 3.04. The van der Waals surface area contributed by atoms with E-state index in [1.165, 1.54) is 12.8 Å². The topological polar surface area (TPSA) is 18.5 Å². The van der Waals surface area contributed by atoms with Crippen LogP contribution in [0.3, 0.4) is 0 Å². The molecule has 2 nitrogen and oxygen atoms in total. The molecule has 3 rings (SSSR count). The van der Waals surface area contributed by atoms with E-state index in [1.54, 1.807) is 5.57 Å². The molecule has 0 aromatic carbocycles. The van der Waals surface area contributed by atoms with Gasteiger partial charge in [-0.05, 0) is 43.9 Å². The quantitative estimate of drug-likeness (QED) is 0.600. The normalized spacial score (nSPS) is 50.2. The van der Waals surface area contributed by atoms with Gasteiger partial charge in [0.05, 0.1) is 12.7 Å². The van der Waals surface area contributed by atoms with Crippen LogP contribution in [-0.2, 0) is 9.47 Å². The second-order valence-electron chi connectivity index (χ2n) is 6.23. The van der Waals surface area contributed by atoms with Crippen LogP contribution >= 0.6 is 0 Å². The largest absolute Gasteiger partial charge is 0.352 e. The third-order valence-electron chi connectivity index (χ3n) is 4.95. The SMILES string of the molecule is C[C@@H]1CC[C@@H]2C3C1=CC[C@H](C)O[C@H]3OC[C@@H]2C. The summed E-state index contributed by atoms with van der Waals surface area (Å²) in [6.07, 6.45) is 6.53. The monoisotopic (exact) mass is 236 g/mol. The summed E-state index contributed by atoms with van der Waals surface area (Å²) >= 11 is 0. The van der Waals surface area contributed by atoms with Crippen molar-refractivity contribution in [3.05, 3.63) is 11.6 Å². The van der Waals surface area contributed by atoms with Gasteiger partial charge in [0.1, 0.15) is 0 Å². The average molecular weight is 236 g/mol. The van der Waals surface area contributed by atoms with Gasteiger partial charge in [-0.2, -0.15) is 0 Å². The van der Waals surface area contributed by atoms with Crippen molar-refractivity contribution < 1.29 is 9.47 Å². The van der Waals surface area contributed by atoms with E-state index in [2.05, 4.69) is 26.8 Å². The molecule has 0 aromatic heterocycles. The van der Waals surface area contributed by atoms with Gasteiger partial charge in [0, 0.05) is 5.92 Å². The van der Waals surface area contributed by atoms with Gasteiger partial charge in [-0.3, -0.25) is 0 Å².